The van der Waals surface area contributed by atoms with Crippen molar-refractivity contribution in [1.82, 2.24) is 0 Å². The summed E-state index contributed by atoms with van der Waals surface area (Å²) in [5.41, 5.74) is 3.09. The van der Waals surface area contributed by atoms with Crippen molar-refractivity contribution in [2.75, 3.05) is 12.4 Å². The van der Waals surface area contributed by atoms with Crippen LogP contribution in [0.4, 0.5) is 5.69 Å². The molecule has 0 aliphatic heterocycles. The highest BCUT2D eigenvalue weighted by atomic mass is 16.5. The first-order valence-corrected chi connectivity index (χ1v) is 7.17. The summed E-state index contributed by atoms with van der Waals surface area (Å²) < 4.78 is 5.26. The Kier molecular flexibility index (Phi) is 5.38. The van der Waals surface area contributed by atoms with Crippen LogP contribution in [0.15, 0.2) is 48.5 Å². The molecule has 110 valence electrons. The monoisotopic (exact) mass is 283 g/mol. The second-order valence-corrected chi connectivity index (χ2v) is 5.09. The lowest BCUT2D eigenvalue weighted by atomic mass is 10.1. The van der Waals surface area contributed by atoms with Crippen molar-refractivity contribution in [3.05, 3.63) is 59.7 Å². The van der Waals surface area contributed by atoms with E-state index in [0.29, 0.717) is 12.2 Å². The maximum absolute atomic E-state index is 12.0. The number of nitrogens with one attached hydrogen (secondary N) is 1. The summed E-state index contributed by atoms with van der Waals surface area (Å²) in [5.74, 6) is 0.715. The third kappa shape index (κ3) is 4.63. The molecule has 0 heterocycles. The number of rotatable bonds is 6. The van der Waals surface area contributed by atoms with Crippen molar-refractivity contribution in [3.8, 4) is 5.75 Å². The van der Waals surface area contributed by atoms with E-state index in [4.69, 9.17) is 4.74 Å². The minimum absolute atomic E-state index is 0.0230. The maximum Gasteiger partial charge on any atom is 0.224 e. The van der Waals surface area contributed by atoms with Crippen molar-refractivity contribution in [3.63, 3.8) is 0 Å². The standard InChI is InChI=1S/C18H21NO2/c1-14-11-12-17(21-2)16(13-14)19-18(20)10-6-9-15-7-4-3-5-8-15/h3-5,7-8,11-13H,6,9-10H2,1-2H3,(H,19,20). The Balaban J connectivity index is 1.86. The van der Waals surface area contributed by atoms with Crippen LogP contribution >= 0.6 is 0 Å². The minimum atomic E-state index is 0.0230. The van der Waals surface area contributed by atoms with Gasteiger partial charge in [0, 0.05) is 6.42 Å². The van der Waals surface area contributed by atoms with E-state index in [1.54, 1.807) is 7.11 Å². The van der Waals surface area contributed by atoms with Crippen LogP contribution < -0.4 is 10.1 Å². The van der Waals surface area contributed by atoms with E-state index in [0.717, 1.165) is 24.1 Å². The van der Waals surface area contributed by atoms with Gasteiger partial charge in [0.25, 0.3) is 0 Å². The molecule has 0 aromatic heterocycles. The van der Waals surface area contributed by atoms with Gasteiger partial charge in [0.15, 0.2) is 0 Å². The molecule has 0 spiro atoms. The average molecular weight is 283 g/mol. The largest absolute Gasteiger partial charge is 0.495 e. The summed E-state index contributed by atoms with van der Waals surface area (Å²) >= 11 is 0. The molecule has 1 amide bonds. The molecule has 0 atom stereocenters. The Morgan fingerprint density at radius 2 is 1.90 bits per heavy atom. The van der Waals surface area contributed by atoms with E-state index in [9.17, 15) is 4.79 Å². The molecule has 0 bridgehead atoms. The Hall–Kier alpha value is -2.29. The molecule has 3 heteroatoms. The van der Waals surface area contributed by atoms with Gasteiger partial charge in [0.05, 0.1) is 12.8 Å². The van der Waals surface area contributed by atoms with Crippen LogP contribution in [-0.2, 0) is 11.2 Å². The van der Waals surface area contributed by atoms with E-state index in [2.05, 4.69) is 17.4 Å². The smallest absolute Gasteiger partial charge is 0.224 e. The van der Waals surface area contributed by atoms with Gasteiger partial charge in [-0.2, -0.15) is 0 Å². The number of carbonyl (C=O) groups is 1. The molecule has 0 saturated carbocycles. The summed E-state index contributed by atoms with van der Waals surface area (Å²) in [6.45, 7) is 1.99. The first-order valence-electron chi connectivity index (χ1n) is 7.17. The molecule has 0 fully saturated rings. The second kappa shape index (κ2) is 7.48. The molecule has 1 N–H and O–H groups in total. The molecule has 0 aliphatic carbocycles. The van der Waals surface area contributed by atoms with Crippen LogP contribution in [0.2, 0.25) is 0 Å². The first-order chi connectivity index (χ1) is 10.2. The fourth-order valence-electron chi connectivity index (χ4n) is 2.23. The number of benzene rings is 2. The zero-order valence-electron chi connectivity index (χ0n) is 12.6. The molecule has 2 rings (SSSR count). The number of hydrogen-bond acceptors (Lipinski definition) is 2. The lowest BCUT2D eigenvalue weighted by Gasteiger charge is -2.11. The van der Waals surface area contributed by atoms with Gasteiger partial charge >= 0.3 is 0 Å². The molecule has 0 saturated heterocycles. The maximum atomic E-state index is 12.0. The van der Waals surface area contributed by atoms with E-state index >= 15 is 0 Å². The third-order valence-corrected chi connectivity index (χ3v) is 3.34. The van der Waals surface area contributed by atoms with Gasteiger partial charge in [0.1, 0.15) is 5.75 Å². The van der Waals surface area contributed by atoms with E-state index in [1.807, 2.05) is 43.3 Å². The second-order valence-electron chi connectivity index (χ2n) is 5.09. The predicted molar refractivity (Wildman–Crippen MR) is 85.7 cm³/mol. The molecule has 21 heavy (non-hydrogen) atoms. The van der Waals surface area contributed by atoms with Crippen LogP contribution in [-0.4, -0.2) is 13.0 Å². The molecule has 0 radical (unpaired) electrons. The topological polar surface area (TPSA) is 38.3 Å². The van der Waals surface area contributed by atoms with Gasteiger partial charge in [-0.15, -0.1) is 0 Å². The Morgan fingerprint density at radius 1 is 1.14 bits per heavy atom. The molecular weight excluding hydrogens is 262 g/mol. The van der Waals surface area contributed by atoms with Gasteiger partial charge < -0.3 is 10.1 Å². The van der Waals surface area contributed by atoms with Crippen molar-refractivity contribution < 1.29 is 9.53 Å². The summed E-state index contributed by atoms with van der Waals surface area (Å²) in [6, 6.07) is 16.0. The van der Waals surface area contributed by atoms with Gasteiger partial charge in [-0.1, -0.05) is 36.4 Å². The van der Waals surface area contributed by atoms with Gasteiger partial charge in [-0.05, 0) is 43.0 Å². The number of aryl methyl sites for hydroxylation is 2. The predicted octanol–water partition coefficient (Wildman–Crippen LogP) is 3.97. The molecule has 3 nitrogen and oxygen atoms in total. The lowest BCUT2D eigenvalue weighted by molar-refractivity contribution is -0.116. The molecule has 0 aliphatic rings. The zero-order valence-corrected chi connectivity index (χ0v) is 12.6. The Bertz CT molecular complexity index is 593. The number of anilines is 1. The summed E-state index contributed by atoms with van der Waals surface area (Å²) in [5, 5.41) is 2.92. The third-order valence-electron chi connectivity index (χ3n) is 3.34. The van der Waals surface area contributed by atoms with Crippen LogP contribution in [0.3, 0.4) is 0 Å². The van der Waals surface area contributed by atoms with E-state index < -0.39 is 0 Å². The Labute approximate surface area is 126 Å². The molecular formula is C18H21NO2. The van der Waals surface area contributed by atoms with Crippen molar-refractivity contribution in [2.24, 2.45) is 0 Å². The van der Waals surface area contributed by atoms with E-state index in [-0.39, 0.29) is 5.91 Å². The zero-order chi connectivity index (χ0) is 15.1. The number of ether oxygens (including phenoxy) is 1. The highest BCUT2D eigenvalue weighted by Crippen LogP contribution is 2.25. The van der Waals surface area contributed by atoms with Gasteiger partial charge in [0.2, 0.25) is 5.91 Å². The minimum Gasteiger partial charge on any atom is -0.495 e. The quantitative estimate of drug-likeness (QED) is 0.871. The first kappa shape index (κ1) is 15.1. The summed E-state index contributed by atoms with van der Waals surface area (Å²) in [4.78, 5) is 12.0. The van der Waals surface area contributed by atoms with Crippen LogP contribution in [0.1, 0.15) is 24.0 Å². The highest BCUT2D eigenvalue weighted by molar-refractivity contribution is 5.92. The van der Waals surface area contributed by atoms with Crippen molar-refractivity contribution in [1.29, 1.82) is 0 Å². The number of amides is 1. The fraction of sp³-hybridized carbons (Fsp3) is 0.278. The van der Waals surface area contributed by atoms with E-state index in [1.165, 1.54) is 5.56 Å². The highest BCUT2D eigenvalue weighted by Gasteiger charge is 2.07. The Morgan fingerprint density at radius 3 is 2.62 bits per heavy atom. The van der Waals surface area contributed by atoms with Gasteiger partial charge in [-0.3, -0.25) is 4.79 Å². The van der Waals surface area contributed by atoms with Crippen LogP contribution in [0.5, 0.6) is 5.75 Å². The molecule has 2 aromatic rings. The van der Waals surface area contributed by atoms with Crippen molar-refractivity contribution >= 4 is 11.6 Å². The van der Waals surface area contributed by atoms with Crippen molar-refractivity contribution in [2.45, 2.75) is 26.2 Å². The van der Waals surface area contributed by atoms with Gasteiger partial charge in [-0.25, -0.2) is 0 Å². The normalized spacial score (nSPS) is 10.2. The fourth-order valence-corrected chi connectivity index (χ4v) is 2.23. The molecule has 2 aromatic carbocycles. The van der Waals surface area contributed by atoms with Crippen LogP contribution in [0.25, 0.3) is 0 Å². The van der Waals surface area contributed by atoms with Crippen LogP contribution in [0, 0.1) is 6.92 Å². The average Bonchev–Trinajstić information content (AvgIpc) is 2.48. The number of carbonyl (C=O) groups excluding carboxylic acids is 1. The number of methoxy groups -OCH3 is 1. The molecule has 0 unspecified atom stereocenters. The SMILES string of the molecule is COc1ccc(C)cc1NC(=O)CCCc1ccccc1. The summed E-state index contributed by atoms with van der Waals surface area (Å²) in [6.07, 6.45) is 2.26. The summed E-state index contributed by atoms with van der Waals surface area (Å²) in [7, 11) is 1.61. The number of hydrogen-bond donors (Lipinski definition) is 1. The lowest BCUT2D eigenvalue weighted by Crippen LogP contribution is -2.12.